The molecule has 0 N–H and O–H groups in total. The Balaban J connectivity index is 1.68. The number of rotatable bonds is 4. The van der Waals surface area contributed by atoms with Crippen molar-refractivity contribution in [2.75, 3.05) is 0 Å². The molecule has 0 spiro atoms. The largest absolute Gasteiger partial charge is 0.457 e. The molecule has 23 heavy (non-hydrogen) atoms. The minimum absolute atomic E-state index is 0.0629. The van der Waals surface area contributed by atoms with Crippen LogP contribution in [-0.2, 0) is 11.3 Å². The Morgan fingerprint density at radius 2 is 1.96 bits per heavy atom. The summed E-state index contributed by atoms with van der Waals surface area (Å²) in [7, 11) is 0. The van der Waals surface area contributed by atoms with Crippen LogP contribution in [0, 0.1) is 11.3 Å². The molecule has 0 atom stereocenters. The second-order valence-electron chi connectivity index (χ2n) is 4.73. The van der Waals surface area contributed by atoms with Crippen LogP contribution in [0.2, 0.25) is 0 Å². The Morgan fingerprint density at radius 1 is 1.17 bits per heavy atom. The van der Waals surface area contributed by atoms with Gasteiger partial charge in [0.25, 0.3) is 0 Å². The average Bonchev–Trinajstić information content (AvgIpc) is 3.14. The van der Waals surface area contributed by atoms with Crippen molar-refractivity contribution in [3.8, 4) is 11.8 Å². The first-order valence-electron chi connectivity index (χ1n) is 6.88. The van der Waals surface area contributed by atoms with Crippen LogP contribution in [0.3, 0.4) is 0 Å². The topological polar surface area (TPSA) is 80.8 Å². The van der Waals surface area contributed by atoms with Crippen molar-refractivity contribution >= 4 is 5.97 Å². The maximum Gasteiger partial charge on any atom is 0.338 e. The van der Waals surface area contributed by atoms with Gasteiger partial charge in [-0.3, -0.25) is 0 Å². The third kappa shape index (κ3) is 3.24. The van der Waals surface area contributed by atoms with E-state index in [0.29, 0.717) is 16.7 Å². The summed E-state index contributed by atoms with van der Waals surface area (Å²) in [5, 5.41) is 13.0. The molecule has 2 aromatic carbocycles. The highest BCUT2D eigenvalue weighted by Crippen LogP contribution is 2.12. The molecule has 6 nitrogen and oxygen atoms in total. The van der Waals surface area contributed by atoms with Crippen molar-refractivity contribution in [2.45, 2.75) is 6.61 Å². The number of carbonyl (C=O) groups excluding carboxylic acids is 1. The first-order valence-corrected chi connectivity index (χ1v) is 6.88. The minimum Gasteiger partial charge on any atom is -0.457 e. The lowest BCUT2D eigenvalue weighted by molar-refractivity contribution is 0.0472. The number of nitrogens with zero attached hydrogens (tertiary/aromatic N) is 4. The third-order valence-corrected chi connectivity index (χ3v) is 3.28. The SMILES string of the molecule is N#Cc1ccccc1COC(=O)c1ccc(-n2cncn2)cc1. The van der Waals surface area contributed by atoms with Gasteiger partial charge < -0.3 is 4.74 Å². The molecule has 3 rings (SSSR count). The quantitative estimate of drug-likeness (QED) is 0.692. The Bertz CT molecular complexity index is 849. The molecule has 0 saturated heterocycles. The Labute approximate surface area is 132 Å². The van der Waals surface area contributed by atoms with E-state index in [2.05, 4.69) is 16.2 Å². The summed E-state index contributed by atoms with van der Waals surface area (Å²) in [4.78, 5) is 15.9. The van der Waals surface area contributed by atoms with Crippen molar-refractivity contribution in [3.05, 3.63) is 77.9 Å². The molecule has 3 aromatic rings. The first-order chi connectivity index (χ1) is 11.3. The van der Waals surface area contributed by atoms with E-state index in [1.165, 1.54) is 6.33 Å². The number of hydrogen-bond donors (Lipinski definition) is 0. The lowest BCUT2D eigenvalue weighted by Crippen LogP contribution is -2.06. The van der Waals surface area contributed by atoms with Gasteiger partial charge in [-0.1, -0.05) is 18.2 Å². The summed E-state index contributed by atoms with van der Waals surface area (Å²) < 4.78 is 6.86. The van der Waals surface area contributed by atoms with Gasteiger partial charge in [-0.05, 0) is 30.3 Å². The van der Waals surface area contributed by atoms with E-state index in [4.69, 9.17) is 10.00 Å². The molecular formula is C17H12N4O2. The summed E-state index contributed by atoms with van der Waals surface area (Å²) in [5.41, 5.74) is 2.42. The van der Waals surface area contributed by atoms with E-state index in [0.717, 1.165) is 5.69 Å². The Hall–Kier alpha value is -3.46. The first kappa shape index (κ1) is 14.5. The molecule has 1 aromatic heterocycles. The normalized spacial score (nSPS) is 10.0. The van der Waals surface area contributed by atoms with Gasteiger partial charge in [-0.2, -0.15) is 10.4 Å². The standard InChI is InChI=1S/C17H12N4O2/c18-9-14-3-1-2-4-15(14)10-23-17(22)13-5-7-16(8-6-13)21-12-19-11-20-21/h1-8,11-12H,10H2. The number of carbonyl (C=O) groups is 1. The van der Waals surface area contributed by atoms with Gasteiger partial charge in [-0.25, -0.2) is 14.5 Å². The van der Waals surface area contributed by atoms with Crippen LogP contribution in [0.25, 0.3) is 5.69 Å². The predicted molar refractivity (Wildman–Crippen MR) is 81.6 cm³/mol. The van der Waals surface area contributed by atoms with E-state index in [9.17, 15) is 4.79 Å². The fraction of sp³-hybridized carbons (Fsp3) is 0.0588. The summed E-state index contributed by atoms with van der Waals surface area (Å²) in [6.45, 7) is 0.0629. The molecule has 0 aliphatic heterocycles. The summed E-state index contributed by atoms with van der Waals surface area (Å²) in [6, 6.07) is 15.9. The van der Waals surface area contributed by atoms with Gasteiger partial charge >= 0.3 is 5.97 Å². The maximum atomic E-state index is 12.1. The Morgan fingerprint density at radius 3 is 2.65 bits per heavy atom. The molecule has 0 amide bonds. The third-order valence-electron chi connectivity index (χ3n) is 3.28. The van der Waals surface area contributed by atoms with E-state index >= 15 is 0 Å². The highest BCUT2D eigenvalue weighted by atomic mass is 16.5. The number of benzene rings is 2. The molecule has 6 heteroatoms. The van der Waals surface area contributed by atoms with Crippen molar-refractivity contribution in [3.63, 3.8) is 0 Å². The van der Waals surface area contributed by atoms with E-state index < -0.39 is 5.97 Å². The summed E-state index contributed by atoms with van der Waals surface area (Å²) in [5.74, 6) is -0.442. The van der Waals surface area contributed by atoms with Gasteiger partial charge in [0, 0.05) is 5.56 Å². The zero-order valence-corrected chi connectivity index (χ0v) is 12.1. The second kappa shape index (κ2) is 6.54. The van der Waals surface area contributed by atoms with E-state index in [-0.39, 0.29) is 6.61 Å². The molecule has 0 aliphatic carbocycles. The maximum absolute atomic E-state index is 12.1. The lowest BCUT2D eigenvalue weighted by Gasteiger charge is -2.07. The van der Waals surface area contributed by atoms with Crippen molar-refractivity contribution in [2.24, 2.45) is 0 Å². The smallest absolute Gasteiger partial charge is 0.338 e. The van der Waals surface area contributed by atoms with Crippen LogP contribution >= 0.6 is 0 Å². The monoisotopic (exact) mass is 304 g/mol. The summed E-state index contributed by atoms with van der Waals surface area (Å²) >= 11 is 0. The van der Waals surface area contributed by atoms with Gasteiger partial charge in [0.1, 0.15) is 19.3 Å². The molecule has 0 bridgehead atoms. The molecule has 112 valence electrons. The number of hydrogen-bond acceptors (Lipinski definition) is 5. The van der Waals surface area contributed by atoms with Gasteiger partial charge in [-0.15, -0.1) is 0 Å². The predicted octanol–water partition coefficient (Wildman–Crippen LogP) is 2.50. The number of ether oxygens (including phenoxy) is 1. The molecule has 0 aliphatic rings. The fourth-order valence-electron chi connectivity index (χ4n) is 2.07. The van der Waals surface area contributed by atoms with Crippen molar-refractivity contribution in [1.82, 2.24) is 14.8 Å². The van der Waals surface area contributed by atoms with E-state index in [1.807, 2.05) is 0 Å². The molecule has 0 fully saturated rings. The zero-order chi connectivity index (χ0) is 16.1. The average molecular weight is 304 g/mol. The zero-order valence-electron chi connectivity index (χ0n) is 12.1. The molecule has 0 saturated carbocycles. The summed E-state index contributed by atoms with van der Waals surface area (Å²) in [6.07, 6.45) is 3.01. The number of nitriles is 1. The van der Waals surface area contributed by atoms with Crippen LogP contribution in [-0.4, -0.2) is 20.7 Å². The molecular weight excluding hydrogens is 292 g/mol. The van der Waals surface area contributed by atoms with Crippen LogP contribution in [0.4, 0.5) is 0 Å². The van der Waals surface area contributed by atoms with E-state index in [1.54, 1.807) is 59.5 Å². The van der Waals surface area contributed by atoms with Crippen LogP contribution in [0.5, 0.6) is 0 Å². The van der Waals surface area contributed by atoms with Crippen LogP contribution in [0.15, 0.2) is 61.2 Å². The van der Waals surface area contributed by atoms with Crippen LogP contribution < -0.4 is 0 Å². The lowest BCUT2D eigenvalue weighted by atomic mass is 10.1. The fourth-order valence-corrected chi connectivity index (χ4v) is 2.07. The minimum atomic E-state index is -0.442. The highest BCUT2D eigenvalue weighted by molar-refractivity contribution is 5.89. The second-order valence-corrected chi connectivity index (χ2v) is 4.73. The van der Waals surface area contributed by atoms with Gasteiger partial charge in [0.2, 0.25) is 0 Å². The highest BCUT2D eigenvalue weighted by Gasteiger charge is 2.09. The van der Waals surface area contributed by atoms with Crippen LogP contribution in [0.1, 0.15) is 21.5 Å². The molecule has 0 unspecified atom stereocenters. The number of aromatic nitrogens is 3. The molecule has 1 heterocycles. The number of esters is 1. The molecule has 0 radical (unpaired) electrons. The van der Waals surface area contributed by atoms with Gasteiger partial charge in [0.05, 0.1) is 22.9 Å². The van der Waals surface area contributed by atoms with Gasteiger partial charge in [0.15, 0.2) is 0 Å². The van der Waals surface area contributed by atoms with Crippen molar-refractivity contribution < 1.29 is 9.53 Å². The Kier molecular flexibility index (Phi) is 4.11. The van der Waals surface area contributed by atoms with Crippen molar-refractivity contribution in [1.29, 1.82) is 5.26 Å².